The van der Waals surface area contributed by atoms with Gasteiger partial charge in [0.15, 0.2) is 11.5 Å². The topological polar surface area (TPSA) is 38.8 Å². The summed E-state index contributed by atoms with van der Waals surface area (Å²) >= 11 is 1.56. The zero-order valence-electron chi connectivity index (χ0n) is 14.4. The van der Waals surface area contributed by atoms with Crippen molar-refractivity contribution in [2.75, 3.05) is 18.1 Å². The zero-order valence-corrected chi connectivity index (χ0v) is 15.2. The molecule has 2 atom stereocenters. The van der Waals surface area contributed by atoms with E-state index < -0.39 is 0 Å². The molecule has 0 N–H and O–H groups in total. The van der Waals surface area contributed by atoms with Crippen LogP contribution in [0.3, 0.4) is 0 Å². The molecule has 2 aromatic rings. The minimum atomic E-state index is -0.170. The maximum atomic E-state index is 13.1. The molecule has 4 rings (SSSR count). The second-order valence-corrected chi connectivity index (χ2v) is 7.87. The van der Waals surface area contributed by atoms with Gasteiger partial charge in [0.2, 0.25) is 5.91 Å². The molecule has 0 aliphatic carbocycles. The van der Waals surface area contributed by atoms with Crippen molar-refractivity contribution < 1.29 is 14.3 Å². The van der Waals surface area contributed by atoms with E-state index >= 15 is 0 Å². The summed E-state index contributed by atoms with van der Waals surface area (Å²) in [7, 11) is 0. The predicted octanol–water partition coefficient (Wildman–Crippen LogP) is 3.92. The fraction of sp³-hybridized carbons (Fsp3) is 0.350. The van der Waals surface area contributed by atoms with Gasteiger partial charge in [0.05, 0.1) is 5.25 Å². The predicted molar refractivity (Wildman–Crippen MR) is 99.8 cm³/mol. The molecule has 2 aliphatic rings. The Morgan fingerprint density at radius 3 is 2.76 bits per heavy atom. The Hall–Kier alpha value is -2.14. The second-order valence-electron chi connectivity index (χ2n) is 6.46. The summed E-state index contributed by atoms with van der Waals surface area (Å²) in [5.74, 6) is 1.68. The number of rotatable bonds is 3. The maximum Gasteiger partial charge on any atom is 0.240 e. The number of amides is 1. The lowest BCUT2D eigenvalue weighted by molar-refractivity contribution is -0.118. The molecule has 5 heteroatoms. The Labute approximate surface area is 152 Å². The van der Waals surface area contributed by atoms with E-state index in [-0.39, 0.29) is 17.2 Å². The van der Waals surface area contributed by atoms with Gasteiger partial charge >= 0.3 is 0 Å². The molecular formula is C20H21NO3S. The minimum absolute atomic E-state index is 0.150. The summed E-state index contributed by atoms with van der Waals surface area (Å²) in [4.78, 5) is 16.0. The van der Waals surface area contributed by atoms with Gasteiger partial charge in [-0.1, -0.05) is 18.2 Å². The average molecular weight is 355 g/mol. The third kappa shape index (κ3) is 3.09. The number of fused-ring (bicyclic) bond motifs is 2. The molecule has 0 saturated carbocycles. The first kappa shape index (κ1) is 16.3. The van der Waals surface area contributed by atoms with E-state index in [2.05, 4.69) is 13.0 Å². The van der Waals surface area contributed by atoms with Gasteiger partial charge in [0.25, 0.3) is 0 Å². The standard InChI is InChI=1S/C20H21NO3S/c1-13-11-15-5-3-4-6-17(15)21(13)20(22)14(2)25-16-7-8-18-19(12-16)24-10-9-23-18/h3-8,12-14H,9-11H2,1-2H3/t13-,14+/m0/s1. The molecule has 25 heavy (non-hydrogen) atoms. The third-order valence-electron chi connectivity index (χ3n) is 4.62. The quantitative estimate of drug-likeness (QED) is 0.783. The van der Waals surface area contributed by atoms with Crippen molar-refractivity contribution in [3.05, 3.63) is 48.0 Å². The largest absolute Gasteiger partial charge is 0.486 e. The minimum Gasteiger partial charge on any atom is -0.486 e. The highest BCUT2D eigenvalue weighted by Crippen LogP contribution is 2.38. The number of carbonyl (C=O) groups excluding carboxylic acids is 1. The molecule has 0 radical (unpaired) electrons. The van der Waals surface area contributed by atoms with Gasteiger partial charge in [-0.3, -0.25) is 4.79 Å². The first-order valence-corrected chi connectivity index (χ1v) is 9.49. The highest BCUT2D eigenvalue weighted by Gasteiger charge is 2.33. The van der Waals surface area contributed by atoms with Gasteiger partial charge in [-0.2, -0.15) is 0 Å². The third-order valence-corrected chi connectivity index (χ3v) is 5.70. The summed E-state index contributed by atoms with van der Waals surface area (Å²) < 4.78 is 11.2. The molecule has 4 nitrogen and oxygen atoms in total. The van der Waals surface area contributed by atoms with Crippen LogP contribution >= 0.6 is 11.8 Å². The van der Waals surface area contributed by atoms with E-state index in [1.54, 1.807) is 11.8 Å². The zero-order chi connectivity index (χ0) is 17.4. The van der Waals surface area contributed by atoms with Crippen LogP contribution in [0.15, 0.2) is 47.4 Å². The molecule has 0 fully saturated rings. The maximum absolute atomic E-state index is 13.1. The Balaban J connectivity index is 1.51. The van der Waals surface area contributed by atoms with Crippen LogP contribution in [0.25, 0.3) is 0 Å². The molecular weight excluding hydrogens is 334 g/mol. The Morgan fingerprint density at radius 2 is 1.92 bits per heavy atom. The van der Waals surface area contributed by atoms with Gasteiger partial charge in [-0.15, -0.1) is 11.8 Å². The van der Waals surface area contributed by atoms with Gasteiger partial charge in [0, 0.05) is 16.6 Å². The highest BCUT2D eigenvalue weighted by molar-refractivity contribution is 8.00. The Bertz CT molecular complexity index is 807. The number of nitrogens with zero attached hydrogens (tertiary/aromatic N) is 1. The summed E-state index contributed by atoms with van der Waals surface area (Å²) in [5.41, 5.74) is 2.30. The van der Waals surface area contributed by atoms with Crippen LogP contribution in [0, 0.1) is 0 Å². The molecule has 2 aromatic carbocycles. The van der Waals surface area contributed by atoms with E-state index in [1.807, 2.05) is 48.2 Å². The van der Waals surface area contributed by atoms with Crippen LogP contribution in [-0.2, 0) is 11.2 Å². The van der Waals surface area contributed by atoms with Gasteiger partial charge in [-0.25, -0.2) is 0 Å². The van der Waals surface area contributed by atoms with Gasteiger partial charge < -0.3 is 14.4 Å². The SMILES string of the molecule is C[C@@H](Sc1ccc2c(c1)OCCO2)C(=O)N1c2ccccc2C[C@@H]1C. The van der Waals surface area contributed by atoms with Gasteiger partial charge in [-0.05, 0) is 50.1 Å². The fourth-order valence-electron chi connectivity index (χ4n) is 3.45. The molecule has 0 spiro atoms. The van der Waals surface area contributed by atoms with Crippen LogP contribution in [0.2, 0.25) is 0 Å². The van der Waals surface area contributed by atoms with E-state index in [0.29, 0.717) is 13.2 Å². The molecule has 0 unspecified atom stereocenters. The lowest BCUT2D eigenvalue weighted by Gasteiger charge is -2.26. The van der Waals surface area contributed by atoms with Crippen molar-refractivity contribution in [3.63, 3.8) is 0 Å². The Morgan fingerprint density at radius 1 is 1.16 bits per heavy atom. The lowest BCUT2D eigenvalue weighted by Crippen LogP contribution is -2.40. The number of carbonyl (C=O) groups is 1. The molecule has 0 aromatic heterocycles. The molecule has 2 heterocycles. The number of thioether (sulfide) groups is 1. The van der Waals surface area contributed by atoms with E-state index in [4.69, 9.17) is 9.47 Å². The summed E-state index contributed by atoms with van der Waals surface area (Å²) in [6.45, 7) is 5.23. The fourth-order valence-corrected chi connectivity index (χ4v) is 4.39. The van der Waals surface area contributed by atoms with Crippen LogP contribution in [-0.4, -0.2) is 30.4 Å². The van der Waals surface area contributed by atoms with Gasteiger partial charge in [0.1, 0.15) is 13.2 Å². The summed E-state index contributed by atoms with van der Waals surface area (Å²) in [5, 5.41) is -0.170. The number of para-hydroxylation sites is 1. The van der Waals surface area contributed by atoms with Crippen molar-refractivity contribution in [2.45, 2.75) is 36.5 Å². The smallest absolute Gasteiger partial charge is 0.240 e. The monoisotopic (exact) mass is 355 g/mol. The first-order valence-electron chi connectivity index (χ1n) is 8.61. The van der Waals surface area contributed by atoms with Crippen molar-refractivity contribution in [1.82, 2.24) is 0 Å². The Kier molecular flexibility index (Phi) is 4.34. The van der Waals surface area contributed by atoms with Crippen LogP contribution < -0.4 is 14.4 Å². The molecule has 0 bridgehead atoms. The number of benzene rings is 2. The summed E-state index contributed by atoms with van der Waals surface area (Å²) in [6, 6.07) is 14.3. The second kappa shape index (κ2) is 6.64. The molecule has 130 valence electrons. The molecule has 0 saturated heterocycles. The number of hydrogen-bond acceptors (Lipinski definition) is 4. The van der Waals surface area contributed by atoms with Crippen LogP contribution in [0.4, 0.5) is 5.69 Å². The van der Waals surface area contributed by atoms with Crippen molar-refractivity contribution in [3.8, 4) is 11.5 Å². The van der Waals surface area contributed by atoms with Crippen molar-refractivity contribution in [1.29, 1.82) is 0 Å². The number of hydrogen-bond donors (Lipinski definition) is 0. The first-order chi connectivity index (χ1) is 12.1. The van der Waals surface area contributed by atoms with Crippen molar-refractivity contribution >= 4 is 23.4 Å². The molecule has 1 amide bonds. The van der Waals surface area contributed by atoms with E-state index in [0.717, 1.165) is 28.5 Å². The van der Waals surface area contributed by atoms with Crippen molar-refractivity contribution in [2.24, 2.45) is 0 Å². The average Bonchev–Trinajstić information content (AvgIpc) is 2.96. The molecule has 2 aliphatic heterocycles. The van der Waals surface area contributed by atoms with Crippen LogP contribution in [0.1, 0.15) is 19.4 Å². The normalized spacial score (nSPS) is 19.4. The highest BCUT2D eigenvalue weighted by atomic mass is 32.2. The van der Waals surface area contributed by atoms with E-state index in [9.17, 15) is 4.79 Å². The lowest BCUT2D eigenvalue weighted by atomic mass is 10.1. The summed E-state index contributed by atoms with van der Waals surface area (Å²) in [6.07, 6.45) is 0.920. The van der Waals surface area contributed by atoms with E-state index in [1.165, 1.54) is 5.56 Å². The number of anilines is 1. The number of ether oxygens (including phenoxy) is 2. The van der Waals surface area contributed by atoms with Crippen LogP contribution in [0.5, 0.6) is 11.5 Å².